The lowest BCUT2D eigenvalue weighted by molar-refractivity contribution is 0.102. The van der Waals surface area contributed by atoms with Gasteiger partial charge in [-0.3, -0.25) is 14.0 Å². The standard InChI is InChI=1S/C15H11N3O2/c19-14(17-11-6-2-1-3-7-11)12-10-16-13-8-4-5-9-18(13)15(12)20/h1-10H,(H,17,19). The Kier molecular flexibility index (Phi) is 3.01. The lowest BCUT2D eigenvalue weighted by Gasteiger charge is -2.05. The lowest BCUT2D eigenvalue weighted by Crippen LogP contribution is -2.26. The van der Waals surface area contributed by atoms with E-state index in [0.29, 0.717) is 11.3 Å². The molecule has 0 aliphatic heterocycles. The van der Waals surface area contributed by atoms with Gasteiger partial charge in [-0.1, -0.05) is 24.3 Å². The first kappa shape index (κ1) is 12.1. The van der Waals surface area contributed by atoms with Crippen LogP contribution in [0.4, 0.5) is 5.69 Å². The number of nitrogens with zero attached hydrogens (tertiary/aromatic N) is 2. The highest BCUT2D eigenvalue weighted by Gasteiger charge is 2.12. The summed E-state index contributed by atoms with van der Waals surface area (Å²) in [7, 11) is 0. The topological polar surface area (TPSA) is 63.5 Å². The monoisotopic (exact) mass is 265 g/mol. The molecule has 5 heteroatoms. The number of benzene rings is 1. The number of anilines is 1. The minimum atomic E-state index is -0.466. The molecule has 1 N–H and O–H groups in total. The molecular weight excluding hydrogens is 254 g/mol. The average molecular weight is 265 g/mol. The average Bonchev–Trinajstić information content (AvgIpc) is 2.49. The zero-order valence-electron chi connectivity index (χ0n) is 10.5. The van der Waals surface area contributed by atoms with Crippen LogP contribution in [-0.4, -0.2) is 15.3 Å². The summed E-state index contributed by atoms with van der Waals surface area (Å²) in [5, 5.41) is 2.67. The Bertz CT molecular complexity index is 825. The largest absolute Gasteiger partial charge is 0.322 e. The maximum absolute atomic E-state index is 12.2. The molecule has 1 amide bonds. The van der Waals surface area contributed by atoms with Gasteiger partial charge in [0.05, 0.1) is 0 Å². The fourth-order valence-corrected chi connectivity index (χ4v) is 1.90. The Hall–Kier alpha value is -2.95. The second-order valence-electron chi connectivity index (χ2n) is 4.23. The smallest absolute Gasteiger partial charge is 0.270 e. The Morgan fingerprint density at radius 3 is 2.60 bits per heavy atom. The first-order chi connectivity index (χ1) is 9.75. The summed E-state index contributed by atoms with van der Waals surface area (Å²) < 4.78 is 1.35. The van der Waals surface area contributed by atoms with E-state index in [0.717, 1.165) is 0 Å². The number of pyridine rings is 1. The number of amides is 1. The van der Waals surface area contributed by atoms with Gasteiger partial charge >= 0.3 is 0 Å². The number of hydrogen-bond donors (Lipinski definition) is 1. The molecule has 3 rings (SSSR count). The van der Waals surface area contributed by atoms with E-state index < -0.39 is 5.91 Å². The first-order valence-corrected chi connectivity index (χ1v) is 6.08. The Balaban J connectivity index is 2.00. The second kappa shape index (κ2) is 4.97. The Labute approximate surface area is 114 Å². The SMILES string of the molecule is O=C(Nc1ccccc1)c1cnc2ccccn2c1=O. The molecule has 0 spiro atoms. The third-order valence-corrected chi connectivity index (χ3v) is 2.89. The molecule has 0 radical (unpaired) electrons. The first-order valence-electron chi connectivity index (χ1n) is 6.08. The van der Waals surface area contributed by atoms with Crippen LogP contribution in [0.1, 0.15) is 10.4 Å². The predicted octanol–water partition coefficient (Wildman–Crippen LogP) is 1.95. The van der Waals surface area contributed by atoms with Crippen molar-refractivity contribution in [2.24, 2.45) is 0 Å². The van der Waals surface area contributed by atoms with E-state index >= 15 is 0 Å². The van der Waals surface area contributed by atoms with Crippen LogP contribution in [0.25, 0.3) is 5.65 Å². The quantitative estimate of drug-likeness (QED) is 0.770. The molecule has 0 aliphatic rings. The van der Waals surface area contributed by atoms with Crippen molar-refractivity contribution in [3.05, 3.63) is 76.8 Å². The summed E-state index contributed by atoms with van der Waals surface area (Å²) in [4.78, 5) is 28.4. The highest BCUT2D eigenvalue weighted by atomic mass is 16.2. The molecule has 0 bridgehead atoms. The number of nitrogens with one attached hydrogen (secondary N) is 1. The zero-order chi connectivity index (χ0) is 13.9. The number of para-hydroxylation sites is 1. The maximum atomic E-state index is 12.2. The molecule has 1 aromatic carbocycles. The van der Waals surface area contributed by atoms with Crippen molar-refractivity contribution >= 4 is 17.2 Å². The van der Waals surface area contributed by atoms with E-state index in [1.54, 1.807) is 48.7 Å². The van der Waals surface area contributed by atoms with Gasteiger partial charge in [0, 0.05) is 18.1 Å². The summed E-state index contributed by atoms with van der Waals surface area (Å²) in [5.74, 6) is -0.466. The highest BCUT2D eigenvalue weighted by Crippen LogP contribution is 2.06. The van der Waals surface area contributed by atoms with Gasteiger partial charge in [-0.25, -0.2) is 4.98 Å². The van der Waals surface area contributed by atoms with E-state index in [1.165, 1.54) is 10.6 Å². The van der Waals surface area contributed by atoms with Crippen molar-refractivity contribution in [3.63, 3.8) is 0 Å². The molecule has 2 heterocycles. The van der Waals surface area contributed by atoms with Crippen LogP contribution >= 0.6 is 0 Å². The number of carbonyl (C=O) groups excluding carboxylic acids is 1. The van der Waals surface area contributed by atoms with Gasteiger partial charge in [-0.05, 0) is 24.3 Å². The van der Waals surface area contributed by atoms with E-state index in [4.69, 9.17) is 0 Å². The third-order valence-electron chi connectivity index (χ3n) is 2.89. The molecule has 0 atom stereocenters. The molecule has 0 unspecified atom stereocenters. The number of rotatable bonds is 2. The predicted molar refractivity (Wildman–Crippen MR) is 75.9 cm³/mol. The van der Waals surface area contributed by atoms with E-state index in [1.807, 2.05) is 6.07 Å². The second-order valence-corrected chi connectivity index (χ2v) is 4.23. The number of hydrogen-bond acceptors (Lipinski definition) is 3. The van der Waals surface area contributed by atoms with Gasteiger partial charge < -0.3 is 5.32 Å². The summed E-state index contributed by atoms with van der Waals surface area (Å²) >= 11 is 0. The molecule has 0 aliphatic carbocycles. The molecule has 0 saturated carbocycles. The summed E-state index contributed by atoms with van der Waals surface area (Å²) in [6.45, 7) is 0. The van der Waals surface area contributed by atoms with Crippen LogP contribution in [0.2, 0.25) is 0 Å². The van der Waals surface area contributed by atoms with Crippen LogP contribution in [0.3, 0.4) is 0 Å². The minimum absolute atomic E-state index is 0.0116. The summed E-state index contributed by atoms with van der Waals surface area (Å²) in [6.07, 6.45) is 2.89. The fourth-order valence-electron chi connectivity index (χ4n) is 1.90. The van der Waals surface area contributed by atoms with Crippen molar-refractivity contribution in [1.29, 1.82) is 0 Å². The van der Waals surface area contributed by atoms with Crippen LogP contribution < -0.4 is 10.9 Å². The fraction of sp³-hybridized carbons (Fsp3) is 0. The highest BCUT2D eigenvalue weighted by molar-refractivity contribution is 6.03. The number of aromatic nitrogens is 2. The summed E-state index contributed by atoms with van der Waals surface area (Å²) in [5.41, 5.74) is 0.769. The number of carbonyl (C=O) groups is 1. The van der Waals surface area contributed by atoms with Gasteiger partial charge in [-0.2, -0.15) is 0 Å². The van der Waals surface area contributed by atoms with Gasteiger partial charge in [-0.15, -0.1) is 0 Å². The van der Waals surface area contributed by atoms with E-state index in [9.17, 15) is 9.59 Å². The van der Waals surface area contributed by atoms with Crippen LogP contribution in [0.5, 0.6) is 0 Å². The molecule has 5 nitrogen and oxygen atoms in total. The van der Waals surface area contributed by atoms with E-state index in [-0.39, 0.29) is 11.1 Å². The Morgan fingerprint density at radius 1 is 1.05 bits per heavy atom. The molecule has 20 heavy (non-hydrogen) atoms. The molecule has 2 aromatic heterocycles. The van der Waals surface area contributed by atoms with Crippen LogP contribution in [0.15, 0.2) is 65.7 Å². The molecule has 3 aromatic rings. The lowest BCUT2D eigenvalue weighted by atomic mass is 10.2. The van der Waals surface area contributed by atoms with Crippen molar-refractivity contribution in [3.8, 4) is 0 Å². The third kappa shape index (κ3) is 2.16. The molecular formula is C15H11N3O2. The normalized spacial score (nSPS) is 10.4. The maximum Gasteiger partial charge on any atom is 0.270 e. The molecule has 0 fully saturated rings. The van der Waals surface area contributed by atoms with E-state index in [2.05, 4.69) is 10.3 Å². The molecule has 98 valence electrons. The van der Waals surface area contributed by atoms with Crippen molar-refractivity contribution in [2.75, 3.05) is 5.32 Å². The van der Waals surface area contributed by atoms with Crippen LogP contribution in [-0.2, 0) is 0 Å². The van der Waals surface area contributed by atoms with Crippen LogP contribution in [0, 0.1) is 0 Å². The molecule has 0 saturated heterocycles. The van der Waals surface area contributed by atoms with Crippen molar-refractivity contribution < 1.29 is 4.79 Å². The zero-order valence-corrected chi connectivity index (χ0v) is 10.5. The van der Waals surface area contributed by atoms with Crippen molar-refractivity contribution in [2.45, 2.75) is 0 Å². The Morgan fingerprint density at radius 2 is 1.80 bits per heavy atom. The van der Waals surface area contributed by atoms with Gasteiger partial charge in [0.15, 0.2) is 0 Å². The van der Waals surface area contributed by atoms with Gasteiger partial charge in [0.25, 0.3) is 11.5 Å². The minimum Gasteiger partial charge on any atom is -0.322 e. The van der Waals surface area contributed by atoms with Crippen molar-refractivity contribution in [1.82, 2.24) is 9.38 Å². The van der Waals surface area contributed by atoms with Gasteiger partial charge in [0.1, 0.15) is 11.2 Å². The summed E-state index contributed by atoms with van der Waals surface area (Å²) in [6, 6.07) is 14.2. The van der Waals surface area contributed by atoms with Gasteiger partial charge in [0.2, 0.25) is 0 Å². The number of fused-ring (bicyclic) bond motifs is 1.